The molecule has 1 aromatic rings. The highest BCUT2D eigenvalue weighted by Crippen LogP contribution is 2.11. The molecule has 0 amide bonds. The van der Waals surface area contributed by atoms with E-state index in [0.29, 0.717) is 4.02 Å². The third-order valence-corrected chi connectivity index (χ3v) is 2.45. The molecule has 0 aliphatic carbocycles. The van der Waals surface area contributed by atoms with Gasteiger partial charge in [0.1, 0.15) is 10.6 Å². The van der Waals surface area contributed by atoms with Gasteiger partial charge in [-0.1, -0.05) is 0 Å². The average molecular weight is 124 g/mol. The summed E-state index contributed by atoms with van der Waals surface area (Å²) in [5.74, 6) is 0. The van der Waals surface area contributed by atoms with Crippen molar-refractivity contribution >= 4 is 33.2 Å². The van der Waals surface area contributed by atoms with Crippen molar-refractivity contribution < 1.29 is 3.85 Å². The molecule has 0 saturated heterocycles. The highest BCUT2D eigenvalue weighted by molar-refractivity contribution is 7.79. The van der Waals surface area contributed by atoms with E-state index in [9.17, 15) is 0 Å². The first kappa shape index (κ1) is 3.52. The second-order valence-corrected chi connectivity index (χ2v) is 2.86. The van der Waals surface area contributed by atoms with Crippen LogP contribution in [0.4, 0.5) is 0 Å². The lowest BCUT2D eigenvalue weighted by molar-refractivity contribution is 0.677. The maximum absolute atomic E-state index is 4.54. The summed E-state index contributed by atoms with van der Waals surface area (Å²) in [5.41, 5.74) is 0. The van der Waals surface area contributed by atoms with Gasteiger partial charge in [-0.25, -0.2) is 0 Å². The molecule has 0 fully saturated rings. The van der Waals surface area contributed by atoms with Gasteiger partial charge >= 0.3 is 0 Å². The topological polar surface area (TPSA) is 13.1 Å². The van der Waals surface area contributed by atoms with E-state index >= 15 is 0 Å². The lowest BCUT2D eigenvalue weighted by Crippen LogP contribution is -1.39. The Morgan fingerprint density at radius 1 is 1.80 bits per heavy atom. The Kier molecular flexibility index (Phi) is 0.843. The van der Waals surface area contributed by atoms with E-state index < -0.39 is 0 Å². The zero-order chi connectivity index (χ0) is 3.70. The first-order chi connectivity index (χ1) is 2.39. The molecule has 4 heteroatoms. The summed E-state index contributed by atoms with van der Waals surface area (Å²) in [6.45, 7) is 0. The van der Waals surface area contributed by atoms with Crippen molar-refractivity contribution in [2.24, 2.45) is 0 Å². The molecule has 0 unspecified atom stereocenters. The minimum atomic E-state index is 0.648. The first-order valence-corrected chi connectivity index (χ1v) is 3.43. The van der Waals surface area contributed by atoms with E-state index in [1.54, 1.807) is 0 Å². The first-order valence-electron chi connectivity index (χ1n) is 0.946. The van der Waals surface area contributed by atoms with Gasteiger partial charge in [-0.05, 0) is 12.2 Å². The van der Waals surface area contributed by atoms with Gasteiger partial charge in [0.25, 0.3) is 4.02 Å². The molecule has 0 aliphatic heterocycles. The number of hydrogen-bond acceptors (Lipinski definition) is 4. The van der Waals surface area contributed by atoms with E-state index in [2.05, 4.69) is 16.1 Å². The molecule has 0 saturated carbocycles. The Hall–Kier alpha value is 0.330. The van der Waals surface area contributed by atoms with Crippen LogP contribution in [0.3, 0.4) is 0 Å². The summed E-state index contributed by atoms with van der Waals surface area (Å²) in [6, 6.07) is 0. The van der Waals surface area contributed by atoms with Crippen LogP contribution in [0.1, 0.15) is 0 Å². The van der Waals surface area contributed by atoms with E-state index in [0.717, 1.165) is 0 Å². The van der Waals surface area contributed by atoms with E-state index in [-0.39, 0.29) is 0 Å². The van der Waals surface area contributed by atoms with Crippen LogP contribution in [0.15, 0.2) is 3.85 Å². The van der Waals surface area contributed by atoms with Crippen LogP contribution in [-0.2, 0) is 0 Å². The molecule has 0 bridgehead atoms. The predicted molar refractivity (Wildman–Crippen MR) is 25.3 cm³/mol. The Bertz CT molecular complexity index is 121. The zero-order valence-corrected chi connectivity index (χ0v) is 4.58. The van der Waals surface area contributed by atoms with Gasteiger partial charge in [0.2, 0.25) is 0 Å². The molecule has 0 spiro atoms. The Labute approximate surface area is 41.5 Å². The SMILES string of the molecule is S=c1oss1. The van der Waals surface area contributed by atoms with Gasteiger partial charge in [-0.3, -0.25) is 0 Å². The molecule has 0 aromatic carbocycles. The largest absolute Gasteiger partial charge is 0.367 e. The molecule has 28 valence electrons. The summed E-state index contributed by atoms with van der Waals surface area (Å²) >= 11 is 4.50. The lowest BCUT2D eigenvalue weighted by atomic mass is 11.8. The lowest BCUT2D eigenvalue weighted by Gasteiger charge is -1.72. The number of rotatable bonds is 0. The fourth-order valence-corrected chi connectivity index (χ4v) is 1.06. The monoisotopic (exact) mass is 124 g/mol. The molecule has 1 heterocycles. The maximum atomic E-state index is 4.54. The molecule has 5 heavy (non-hydrogen) atoms. The average Bonchev–Trinajstić information content (AvgIpc) is 1.30. The van der Waals surface area contributed by atoms with Gasteiger partial charge in [0.15, 0.2) is 0 Å². The molecule has 1 aromatic heterocycles. The van der Waals surface area contributed by atoms with Gasteiger partial charge in [0.05, 0.1) is 0 Å². The van der Waals surface area contributed by atoms with Crippen LogP contribution in [0.5, 0.6) is 0 Å². The number of hydrogen-bond donors (Lipinski definition) is 0. The summed E-state index contributed by atoms with van der Waals surface area (Å²) < 4.78 is 5.19. The summed E-state index contributed by atoms with van der Waals surface area (Å²) in [7, 11) is 2.81. The van der Waals surface area contributed by atoms with Crippen LogP contribution in [0.2, 0.25) is 0 Å². The molecular formula is COS3. The normalized spacial score (nSPS) is 8.80. The second-order valence-electron chi connectivity index (χ2n) is 0.485. The van der Waals surface area contributed by atoms with Crippen molar-refractivity contribution in [1.29, 1.82) is 0 Å². The van der Waals surface area contributed by atoms with Gasteiger partial charge in [-0.2, -0.15) is 0 Å². The fraction of sp³-hybridized carbons (Fsp3) is 0. The molecule has 1 rings (SSSR count). The van der Waals surface area contributed by atoms with E-state index in [1.165, 1.54) is 21.0 Å². The van der Waals surface area contributed by atoms with Crippen molar-refractivity contribution in [1.82, 2.24) is 0 Å². The van der Waals surface area contributed by atoms with Gasteiger partial charge < -0.3 is 3.85 Å². The predicted octanol–water partition coefficient (Wildman–Crippen LogP) is 2.13. The Morgan fingerprint density at radius 2 is 2.20 bits per heavy atom. The molecule has 0 aliphatic rings. The zero-order valence-electron chi connectivity index (χ0n) is 2.13. The maximum Gasteiger partial charge on any atom is 0.275 e. The third kappa shape index (κ3) is 0.587. The van der Waals surface area contributed by atoms with Crippen LogP contribution >= 0.6 is 33.2 Å². The van der Waals surface area contributed by atoms with Crippen molar-refractivity contribution in [2.45, 2.75) is 0 Å². The standard InChI is InChI=1S/COS3/c3-1-2-5-4-1. The minimum absolute atomic E-state index is 0.648. The molecule has 1 nitrogen and oxygen atoms in total. The molecule has 0 atom stereocenters. The molecule has 0 N–H and O–H groups in total. The van der Waals surface area contributed by atoms with Crippen molar-refractivity contribution in [3.63, 3.8) is 0 Å². The molecular weight excluding hydrogens is 124 g/mol. The highest BCUT2D eigenvalue weighted by atomic mass is 32.9. The third-order valence-electron chi connectivity index (χ3n) is 0.204. The van der Waals surface area contributed by atoms with Crippen molar-refractivity contribution in [3.8, 4) is 0 Å². The quantitative estimate of drug-likeness (QED) is 0.388. The fourth-order valence-electron chi connectivity index (χ4n) is 0.0618. The van der Waals surface area contributed by atoms with Crippen molar-refractivity contribution in [2.75, 3.05) is 0 Å². The van der Waals surface area contributed by atoms with E-state index in [4.69, 9.17) is 0 Å². The van der Waals surface area contributed by atoms with Crippen LogP contribution in [0.25, 0.3) is 0 Å². The summed E-state index contributed by atoms with van der Waals surface area (Å²) in [6.07, 6.45) is 0. The van der Waals surface area contributed by atoms with Gasteiger partial charge in [0, 0.05) is 10.3 Å². The Morgan fingerprint density at radius 3 is 2.20 bits per heavy atom. The highest BCUT2D eigenvalue weighted by Gasteiger charge is 1.76. The smallest absolute Gasteiger partial charge is 0.275 e. The second kappa shape index (κ2) is 1.20. The molecule has 0 radical (unpaired) electrons. The van der Waals surface area contributed by atoms with Gasteiger partial charge in [-0.15, -0.1) is 0 Å². The van der Waals surface area contributed by atoms with Crippen molar-refractivity contribution in [3.05, 3.63) is 4.02 Å². The van der Waals surface area contributed by atoms with Crippen LogP contribution in [-0.4, -0.2) is 0 Å². The summed E-state index contributed by atoms with van der Waals surface area (Å²) in [4.78, 5) is 0. The van der Waals surface area contributed by atoms with Crippen LogP contribution < -0.4 is 0 Å². The Balaban J connectivity index is 3.29. The minimum Gasteiger partial charge on any atom is -0.367 e. The summed E-state index contributed by atoms with van der Waals surface area (Å²) in [5, 5.41) is 0. The van der Waals surface area contributed by atoms with Crippen LogP contribution in [0, 0.1) is 4.02 Å². The van der Waals surface area contributed by atoms with E-state index in [1.807, 2.05) is 0 Å².